The molecule has 0 radical (unpaired) electrons. The number of nitrogens with zero attached hydrogens (tertiary/aromatic N) is 2. The average molecular weight is 224 g/mol. The lowest BCUT2D eigenvalue weighted by molar-refractivity contribution is 0.189. The van der Waals surface area contributed by atoms with Crippen molar-refractivity contribution in [1.29, 1.82) is 0 Å². The molecule has 3 nitrogen and oxygen atoms in total. The molecule has 1 heterocycles. The van der Waals surface area contributed by atoms with Crippen molar-refractivity contribution in [2.45, 2.75) is 33.4 Å². The molecule has 0 amide bonds. The third kappa shape index (κ3) is 3.99. The Kier molecular flexibility index (Phi) is 6.19. The maximum Gasteiger partial charge on any atom is 0.0479 e. The molecule has 0 bridgehead atoms. The van der Waals surface area contributed by atoms with Crippen LogP contribution < -0.4 is 0 Å². The highest BCUT2D eigenvalue weighted by Crippen LogP contribution is 2.07. The first-order valence-corrected chi connectivity index (χ1v) is 6.17. The van der Waals surface area contributed by atoms with E-state index < -0.39 is 0 Å². The van der Waals surface area contributed by atoms with Gasteiger partial charge in [0.1, 0.15) is 0 Å². The van der Waals surface area contributed by atoms with Gasteiger partial charge in [-0.2, -0.15) is 0 Å². The molecule has 0 saturated heterocycles. The summed E-state index contributed by atoms with van der Waals surface area (Å²) >= 11 is 0. The Balaban J connectivity index is 2.49. The Labute approximate surface area is 99.0 Å². The van der Waals surface area contributed by atoms with Crippen LogP contribution in [0, 0.1) is 0 Å². The molecule has 0 atom stereocenters. The van der Waals surface area contributed by atoms with E-state index in [-0.39, 0.29) is 0 Å². The zero-order chi connectivity index (χ0) is 11.8. The molecule has 0 aromatic carbocycles. The summed E-state index contributed by atoms with van der Waals surface area (Å²) in [6.45, 7) is 9.58. The second-order valence-electron chi connectivity index (χ2n) is 4.00. The summed E-state index contributed by atoms with van der Waals surface area (Å²) in [5, 5.41) is 0. The van der Waals surface area contributed by atoms with Gasteiger partial charge in [0, 0.05) is 38.7 Å². The van der Waals surface area contributed by atoms with Crippen molar-refractivity contribution in [3.05, 3.63) is 24.0 Å². The first kappa shape index (κ1) is 13.3. The van der Waals surface area contributed by atoms with Crippen LogP contribution >= 0.6 is 0 Å². The van der Waals surface area contributed by atoms with Crippen molar-refractivity contribution in [3.8, 4) is 0 Å². The summed E-state index contributed by atoms with van der Waals surface area (Å²) in [5.41, 5.74) is 1.40. The van der Waals surface area contributed by atoms with Crippen molar-refractivity contribution in [2.24, 2.45) is 0 Å². The fourth-order valence-electron chi connectivity index (χ4n) is 1.87. The lowest BCUT2D eigenvalue weighted by Gasteiger charge is -2.19. The van der Waals surface area contributed by atoms with Gasteiger partial charge in [-0.3, -0.25) is 4.90 Å². The number of aromatic nitrogens is 1. The third-order valence-corrected chi connectivity index (χ3v) is 2.95. The summed E-state index contributed by atoms with van der Waals surface area (Å²) in [5.74, 6) is 0. The van der Waals surface area contributed by atoms with E-state index in [9.17, 15) is 0 Å². The molecule has 0 aliphatic heterocycles. The minimum absolute atomic E-state index is 0.836. The average Bonchev–Trinajstić information content (AvgIpc) is 2.74. The van der Waals surface area contributed by atoms with Crippen molar-refractivity contribution in [3.63, 3.8) is 0 Å². The van der Waals surface area contributed by atoms with Crippen LogP contribution in [-0.4, -0.2) is 36.3 Å². The maximum atomic E-state index is 5.08. The molecule has 0 N–H and O–H groups in total. The quantitative estimate of drug-likeness (QED) is 0.631. The molecule has 1 rings (SSSR count). The summed E-state index contributed by atoms with van der Waals surface area (Å²) < 4.78 is 7.41. The molecule has 0 aliphatic carbocycles. The normalized spacial score (nSPS) is 11.2. The molecule has 92 valence electrons. The Morgan fingerprint density at radius 1 is 1.31 bits per heavy atom. The van der Waals surface area contributed by atoms with Gasteiger partial charge < -0.3 is 9.30 Å². The molecule has 3 heteroatoms. The van der Waals surface area contributed by atoms with E-state index in [0.717, 1.165) is 39.2 Å². The van der Waals surface area contributed by atoms with Crippen LogP contribution in [-0.2, 0) is 17.8 Å². The summed E-state index contributed by atoms with van der Waals surface area (Å²) in [6.07, 6.45) is 3.24. The number of hydrogen-bond donors (Lipinski definition) is 0. The van der Waals surface area contributed by atoms with Gasteiger partial charge >= 0.3 is 0 Å². The van der Waals surface area contributed by atoms with Crippen LogP contribution in [0.25, 0.3) is 0 Å². The first-order valence-electron chi connectivity index (χ1n) is 6.17. The monoisotopic (exact) mass is 224 g/mol. The Hall–Kier alpha value is -0.800. The molecular weight excluding hydrogens is 200 g/mol. The van der Waals surface area contributed by atoms with Crippen LogP contribution in [0.5, 0.6) is 0 Å². The van der Waals surface area contributed by atoms with E-state index in [1.54, 1.807) is 7.11 Å². The van der Waals surface area contributed by atoms with E-state index in [4.69, 9.17) is 4.74 Å². The first-order chi connectivity index (χ1) is 7.81. The third-order valence-electron chi connectivity index (χ3n) is 2.95. The van der Waals surface area contributed by atoms with Gasteiger partial charge in [-0.1, -0.05) is 13.8 Å². The van der Waals surface area contributed by atoms with Gasteiger partial charge in [0.25, 0.3) is 0 Å². The summed E-state index contributed by atoms with van der Waals surface area (Å²) in [6, 6.07) is 4.34. The van der Waals surface area contributed by atoms with Gasteiger partial charge in [-0.05, 0) is 31.6 Å². The molecule has 0 saturated carbocycles. The van der Waals surface area contributed by atoms with E-state index in [1.165, 1.54) is 5.69 Å². The van der Waals surface area contributed by atoms with Gasteiger partial charge in [0.2, 0.25) is 0 Å². The van der Waals surface area contributed by atoms with Gasteiger partial charge in [-0.15, -0.1) is 0 Å². The van der Waals surface area contributed by atoms with Crippen molar-refractivity contribution < 1.29 is 4.74 Å². The molecule has 1 aromatic rings. The molecular formula is C13H24N2O. The molecule has 0 unspecified atom stereocenters. The Morgan fingerprint density at radius 2 is 2.06 bits per heavy atom. The van der Waals surface area contributed by atoms with Gasteiger partial charge in [0.05, 0.1) is 0 Å². The highest BCUT2D eigenvalue weighted by atomic mass is 16.5. The van der Waals surface area contributed by atoms with Crippen LogP contribution in [0.15, 0.2) is 18.3 Å². The lowest BCUT2D eigenvalue weighted by Crippen LogP contribution is -2.23. The zero-order valence-corrected chi connectivity index (χ0v) is 10.8. The fraction of sp³-hybridized carbons (Fsp3) is 0.692. The van der Waals surface area contributed by atoms with Crippen molar-refractivity contribution in [1.82, 2.24) is 9.47 Å². The highest BCUT2D eigenvalue weighted by Gasteiger charge is 2.05. The van der Waals surface area contributed by atoms with E-state index in [0.29, 0.717) is 0 Å². The maximum absolute atomic E-state index is 5.08. The summed E-state index contributed by atoms with van der Waals surface area (Å²) in [7, 11) is 1.76. The molecule has 0 aliphatic rings. The second kappa shape index (κ2) is 7.47. The Morgan fingerprint density at radius 3 is 2.69 bits per heavy atom. The standard InChI is InChI=1S/C13H24N2O/c1-4-14(5-2)12-13-8-6-9-15(13)10-7-11-16-3/h6,8-9H,4-5,7,10-12H2,1-3H3. The van der Waals surface area contributed by atoms with Crippen LogP contribution in [0.1, 0.15) is 26.0 Å². The van der Waals surface area contributed by atoms with E-state index in [1.807, 2.05) is 0 Å². The SMILES string of the molecule is CCN(CC)Cc1cccn1CCCOC. The van der Waals surface area contributed by atoms with E-state index >= 15 is 0 Å². The van der Waals surface area contributed by atoms with Crippen LogP contribution in [0.2, 0.25) is 0 Å². The molecule has 0 fully saturated rings. The minimum Gasteiger partial charge on any atom is -0.385 e. The number of ether oxygens (including phenoxy) is 1. The van der Waals surface area contributed by atoms with Crippen molar-refractivity contribution in [2.75, 3.05) is 26.8 Å². The summed E-state index contributed by atoms with van der Waals surface area (Å²) in [4.78, 5) is 2.43. The predicted molar refractivity (Wildman–Crippen MR) is 67.6 cm³/mol. The highest BCUT2D eigenvalue weighted by molar-refractivity contribution is 5.07. The number of hydrogen-bond acceptors (Lipinski definition) is 2. The minimum atomic E-state index is 0.836. The number of rotatable bonds is 8. The fourth-order valence-corrected chi connectivity index (χ4v) is 1.87. The van der Waals surface area contributed by atoms with Crippen LogP contribution in [0.4, 0.5) is 0 Å². The molecule has 1 aromatic heterocycles. The zero-order valence-electron chi connectivity index (χ0n) is 10.8. The topological polar surface area (TPSA) is 17.4 Å². The smallest absolute Gasteiger partial charge is 0.0479 e. The molecule has 16 heavy (non-hydrogen) atoms. The predicted octanol–water partition coefficient (Wildman–Crippen LogP) is 2.37. The van der Waals surface area contributed by atoms with Gasteiger partial charge in [0.15, 0.2) is 0 Å². The number of aryl methyl sites for hydroxylation is 1. The van der Waals surface area contributed by atoms with Gasteiger partial charge in [-0.25, -0.2) is 0 Å². The van der Waals surface area contributed by atoms with Crippen molar-refractivity contribution >= 4 is 0 Å². The lowest BCUT2D eigenvalue weighted by atomic mass is 10.3. The number of methoxy groups -OCH3 is 1. The van der Waals surface area contributed by atoms with E-state index in [2.05, 4.69) is 41.6 Å². The largest absolute Gasteiger partial charge is 0.385 e. The second-order valence-corrected chi connectivity index (χ2v) is 4.00. The molecule has 0 spiro atoms. The van der Waals surface area contributed by atoms with Crippen LogP contribution in [0.3, 0.4) is 0 Å². The Bertz CT molecular complexity index is 279.